The van der Waals surface area contributed by atoms with Gasteiger partial charge >= 0.3 is 0 Å². The first-order valence-corrected chi connectivity index (χ1v) is 21.4. The Kier molecular flexibility index (Phi) is 7.13. The Hall–Kier alpha value is -7.46. The van der Waals surface area contributed by atoms with Gasteiger partial charge in [0.05, 0.1) is 11.1 Å². The lowest BCUT2D eigenvalue weighted by atomic mass is 9.65. The van der Waals surface area contributed by atoms with E-state index < -0.39 is 5.41 Å². The van der Waals surface area contributed by atoms with Crippen LogP contribution >= 0.6 is 11.3 Å². The van der Waals surface area contributed by atoms with Gasteiger partial charge in [0.15, 0.2) is 0 Å². The van der Waals surface area contributed by atoms with Crippen molar-refractivity contribution in [2.75, 3.05) is 4.90 Å². The molecule has 0 bridgehead atoms. The zero-order valence-corrected chi connectivity index (χ0v) is 33.3. The molecule has 0 N–H and O–H groups in total. The molecule has 1 aromatic heterocycles. The Morgan fingerprint density at radius 3 is 1.72 bits per heavy atom. The quantitative estimate of drug-likeness (QED) is 0.176. The second-order valence-corrected chi connectivity index (χ2v) is 17.0. The third-order valence-corrected chi connectivity index (χ3v) is 14.1. The minimum absolute atomic E-state index is 0.627. The van der Waals surface area contributed by atoms with Gasteiger partial charge in [-0.3, -0.25) is 0 Å². The number of para-hydroxylation sites is 2. The van der Waals surface area contributed by atoms with Crippen LogP contribution in [-0.2, 0) is 5.41 Å². The Bertz CT molecular complexity index is 3460. The maximum atomic E-state index is 7.23. The van der Waals surface area contributed by atoms with Crippen molar-refractivity contribution in [3.05, 3.63) is 235 Å². The molecule has 0 saturated carbocycles. The van der Waals surface area contributed by atoms with E-state index in [1.807, 2.05) is 11.3 Å². The molecule has 0 atom stereocenters. The summed E-state index contributed by atoms with van der Waals surface area (Å²) >= 11 is 1.86. The van der Waals surface area contributed by atoms with Gasteiger partial charge in [-0.2, -0.15) is 0 Å². The van der Waals surface area contributed by atoms with Gasteiger partial charge in [0.25, 0.3) is 0 Å². The van der Waals surface area contributed by atoms with Gasteiger partial charge in [0.1, 0.15) is 11.5 Å². The summed E-state index contributed by atoms with van der Waals surface area (Å²) in [5.74, 6) is 1.86. The highest BCUT2D eigenvalue weighted by molar-refractivity contribution is 7.25. The van der Waals surface area contributed by atoms with E-state index in [2.05, 4.69) is 217 Å². The van der Waals surface area contributed by atoms with E-state index in [-0.39, 0.29) is 0 Å². The van der Waals surface area contributed by atoms with Crippen molar-refractivity contribution in [3.63, 3.8) is 0 Å². The SMILES string of the molecule is c1ccc(N(c2ccc3sc4ccccc4c3c2)c2ccccc2-c2cccc3c2-c2ccccc2C32c3ccc4ccccc4c3Oc3c2ccc2ccccc32)cc1. The largest absolute Gasteiger partial charge is 0.455 e. The van der Waals surface area contributed by atoms with Gasteiger partial charge in [-0.15, -0.1) is 11.3 Å². The Morgan fingerprint density at radius 1 is 0.367 bits per heavy atom. The minimum Gasteiger partial charge on any atom is -0.455 e. The summed E-state index contributed by atoms with van der Waals surface area (Å²) in [6, 6.07) is 78.0. The lowest BCUT2D eigenvalue weighted by Crippen LogP contribution is -2.32. The molecule has 2 heterocycles. The summed E-state index contributed by atoms with van der Waals surface area (Å²) < 4.78 is 9.83. The van der Waals surface area contributed by atoms with Crippen LogP contribution in [0.3, 0.4) is 0 Å². The van der Waals surface area contributed by atoms with Crippen LogP contribution in [0.25, 0.3) is 64.0 Å². The van der Waals surface area contributed by atoms with Crippen LogP contribution in [0.4, 0.5) is 17.1 Å². The maximum Gasteiger partial charge on any atom is 0.140 e. The fourth-order valence-corrected chi connectivity index (χ4v) is 11.5. The molecular formula is C57H35NOS. The van der Waals surface area contributed by atoms with Crippen molar-refractivity contribution in [2.24, 2.45) is 0 Å². The summed E-state index contributed by atoms with van der Waals surface area (Å²) in [4.78, 5) is 2.44. The number of nitrogens with zero attached hydrogens (tertiary/aromatic N) is 1. The number of fused-ring (bicyclic) bond motifs is 16. The molecule has 1 aliphatic heterocycles. The number of thiophene rings is 1. The monoisotopic (exact) mass is 781 g/mol. The van der Waals surface area contributed by atoms with Crippen molar-refractivity contribution in [3.8, 4) is 33.8 Å². The lowest BCUT2D eigenvalue weighted by Gasteiger charge is -2.40. The Labute approximate surface area is 351 Å². The standard InChI is InChI=1S/C57H35NOS/c1-2-17-38(18-3-1)58(39-31-34-53-46(35-39)43-22-10-13-28-52(43)60-53)51-27-12-9-21-42(51)44-24-14-26-48-54(44)45-23-8-11-25-47(45)57(48)49-32-29-36-15-4-6-19-40(36)55(49)59-56-41-20-7-5-16-37(41)30-33-50(56)57/h1-35H. The fourth-order valence-electron chi connectivity index (χ4n) is 10.4. The number of hydrogen-bond acceptors (Lipinski definition) is 3. The smallest absolute Gasteiger partial charge is 0.140 e. The molecule has 13 rings (SSSR count). The van der Waals surface area contributed by atoms with E-state index >= 15 is 0 Å². The first kappa shape index (κ1) is 33.5. The molecule has 0 fully saturated rings. The van der Waals surface area contributed by atoms with E-state index in [1.54, 1.807) is 0 Å². The predicted molar refractivity (Wildman–Crippen MR) is 252 cm³/mol. The molecule has 1 aliphatic carbocycles. The molecule has 0 amide bonds. The summed E-state index contributed by atoms with van der Waals surface area (Å²) in [6.45, 7) is 0. The van der Waals surface area contributed by atoms with Crippen LogP contribution in [0, 0.1) is 0 Å². The average Bonchev–Trinajstić information content (AvgIpc) is 3.83. The van der Waals surface area contributed by atoms with Gasteiger partial charge in [-0.1, -0.05) is 170 Å². The van der Waals surface area contributed by atoms with Crippen molar-refractivity contribution in [1.82, 2.24) is 0 Å². The molecule has 1 spiro atoms. The van der Waals surface area contributed by atoms with Gasteiger partial charge in [-0.25, -0.2) is 0 Å². The molecule has 60 heavy (non-hydrogen) atoms. The average molecular weight is 782 g/mol. The number of benzene rings is 10. The van der Waals surface area contributed by atoms with Crippen LogP contribution in [0.5, 0.6) is 11.5 Å². The van der Waals surface area contributed by atoms with Gasteiger partial charge in [-0.05, 0) is 81.1 Å². The fraction of sp³-hybridized carbons (Fsp3) is 0.0175. The van der Waals surface area contributed by atoms with Gasteiger partial charge in [0, 0.05) is 59.0 Å². The van der Waals surface area contributed by atoms with Crippen LogP contribution in [-0.4, -0.2) is 0 Å². The van der Waals surface area contributed by atoms with Crippen molar-refractivity contribution in [2.45, 2.75) is 5.41 Å². The highest BCUT2D eigenvalue weighted by Gasteiger charge is 2.52. The second kappa shape index (κ2) is 12.8. The first-order valence-electron chi connectivity index (χ1n) is 20.6. The predicted octanol–water partition coefficient (Wildman–Crippen LogP) is 16.0. The van der Waals surface area contributed by atoms with Gasteiger partial charge < -0.3 is 9.64 Å². The van der Waals surface area contributed by atoms with Crippen LogP contribution in [0.2, 0.25) is 0 Å². The Balaban J connectivity index is 1.11. The molecular weight excluding hydrogens is 747 g/mol. The number of hydrogen-bond donors (Lipinski definition) is 0. The summed E-state index contributed by atoms with van der Waals surface area (Å²) in [6.07, 6.45) is 0. The third kappa shape index (κ3) is 4.58. The topological polar surface area (TPSA) is 12.5 Å². The second-order valence-electron chi connectivity index (χ2n) is 15.9. The molecule has 0 saturated heterocycles. The molecule has 10 aromatic carbocycles. The number of rotatable bonds is 4. The maximum absolute atomic E-state index is 7.23. The number of ether oxygens (including phenoxy) is 1. The zero-order chi connectivity index (χ0) is 39.4. The van der Waals surface area contributed by atoms with Crippen molar-refractivity contribution in [1.29, 1.82) is 0 Å². The summed E-state index contributed by atoms with van der Waals surface area (Å²) in [7, 11) is 0. The Morgan fingerprint density at radius 2 is 0.950 bits per heavy atom. The molecule has 280 valence electrons. The minimum atomic E-state index is -0.627. The van der Waals surface area contributed by atoms with Crippen molar-refractivity contribution >= 4 is 70.1 Å². The summed E-state index contributed by atoms with van der Waals surface area (Å²) in [5, 5.41) is 7.14. The normalized spacial score (nSPS) is 13.3. The highest BCUT2D eigenvalue weighted by Crippen LogP contribution is 2.65. The van der Waals surface area contributed by atoms with Crippen molar-refractivity contribution < 1.29 is 4.74 Å². The molecule has 2 nitrogen and oxygen atoms in total. The molecule has 3 heteroatoms. The van der Waals surface area contributed by atoms with E-state index in [9.17, 15) is 0 Å². The highest BCUT2D eigenvalue weighted by atomic mass is 32.1. The van der Waals surface area contributed by atoms with E-state index in [0.29, 0.717) is 0 Å². The molecule has 11 aromatic rings. The van der Waals surface area contributed by atoms with Crippen LogP contribution in [0.1, 0.15) is 22.3 Å². The van der Waals surface area contributed by atoms with Gasteiger partial charge in [0.2, 0.25) is 0 Å². The number of anilines is 3. The third-order valence-electron chi connectivity index (χ3n) is 12.9. The van der Waals surface area contributed by atoms with Crippen LogP contribution < -0.4 is 9.64 Å². The summed E-state index contributed by atoms with van der Waals surface area (Å²) in [5.41, 5.74) is 12.5. The zero-order valence-electron chi connectivity index (χ0n) is 32.5. The van der Waals surface area contributed by atoms with E-state index in [1.165, 1.54) is 75.5 Å². The lowest BCUT2D eigenvalue weighted by molar-refractivity contribution is 0.447. The van der Waals surface area contributed by atoms with Crippen LogP contribution in [0.15, 0.2) is 212 Å². The van der Waals surface area contributed by atoms with E-state index in [0.717, 1.165) is 39.3 Å². The van der Waals surface area contributed by atoms with E-state index in [4.69, 9.17) is 4.74 Å². The molecule has 0 radical (unpaired) electrons. The molecule has 0 unspecified atom stereocenters. The molecule has 2 aliphatic rings. The first-order chi connectivity index (χ1) is 29.8.